The minimum Gasteiger partial charge on any atom is -0.372 e. The maximum atomic E-state index is 14.3. The first-order valence-electron chi connectivity index (χ1n) is 5.88. The highest BCUT2D eigenvalue weighted by Crippen LogP contribution is 2.34. The second kappa shape index (κ2) is 5.52. The molecular weight excluding hydrogens is 295 g/mol. The largest absolute Gasteiger partial charge is 0.372 e. The van der Waals surface area contributed by atoms with Crippen molar-refractivity contribution in [1.82, 2.24) is 0 Å². The van der Waals surface area contributed by atoms with E-state index in [4.69, 9.17) is 22.6 Å². The van der Waals surface area contributed by atoms with Crippen LogP contribution in [0.3, 0.4) is 0 Å². The van der Waals surface area contributed by atoms with Crippen molar-refractivity contribution in [3.8, 4) is 6.07 Å². The monoisotopic (exact) mass is 304 g/mol. The molecule has 2 aromatic carbocycles. The SMILES string of the molecule is N#Cc1cc(Cl)c(F)c(C(O)(C(N)=O)c2ccccc2)c1. The van der Waals surface area contributed by atoms with Gasteiger partial charge in [0.1, 0.15) is 5.82 Å². The van der Waals surface area contributed by atoms with Crippen molar-refractivity contribution >= 4 is 17.5 Å². The summed E-state index contributed by atoms with van der Waals surface area (Å²) in [7, 11) is 0. The molecule has 0 heterocycles. The molecule has 1 amide bonds. The average Bonchev–Trinajstić information content (AvgIpc) is 2.49. The molecule has 0 spiro atoms. The lowest BCUT2D eigenvalue weighted by molar-refractivity contribution is -0.133. The van der Waals surface area contributed by atoms with Crippen molar-refractivity contribution < 1.29 is 14.3 Å². The molecule has 0 radical (unpaired) electrons. The van der Waals surface area contributed by atoms with E-state index in [0.29, 0.717) is 0 Å². The first-order valence-corrected chi connectivity index (χ1v) is 6.26. The van der Waals surface area contributed by atoms with E-state index in [0.717, 1.165) is 12.1 Å². The van der Waals surface area contributed by atoms with Crippen LogP contribution in [-0.2, 0) is 10.4 Å². The van der Waals surface area contributed by atoms with E-state index in [1.54, 1.807) is 24.3 Å². The van der Waals surface area contributed by atoms with Gasteiger partial charge in [-0.25, -0.2) is 4.39 Å². The Hall–Kier alpha value is -2.42. The number of nitriles is 1. The molecule has 3 N–H and O–H groups in total. The fraction of sp³-hybridized carbons (Fsp3) is 0.0667. The number of amides is 1. The van der Waals surface area contributed by atoms with E-state index in [2.05, 4.69) is 0 Å². The Morgan fingerprint density at radius 1 is 1.33 bits per heavy atom. The summed E-state index contributed by atoms with van der Waals surface area (Å²) in [4.78, 5) is 11.8. The van der Waals surface area contributed by atoms with Crippen LogP contribution in [0.15, 0.2) is 42.5 Å². The number of nitrogens with zero attached hydrogens (tertiary/aromatic N) is 1. The Morgan fingerprint density at radius 3 is 2.48 bits per heavy atom. The van der Waals surface area contributed by atoms with Gasteiger partial charge >= 0.3 is 0 Å². The Kier molecular flexibility index (Phi) is 3.94. The molecule has 0 aliphatic carbocycles. The van der Waals surface area contributed by atoms with Crippen molar-refractivity contribution in [3.05, 3.63) is 70.0 Å². The molecule has 21 heavy (non-hydrogen) atoms. The molecule has 1 atom stereocenters. The molecule has 1 unspecified atom stereocenters. The Labute approximate surface area is 125 Å². The summed E-state index contributed by atoms with van der Waals surface area (Å²) in [6, 6.07) is 11.6. The highest BCUT2D eigenvalue weighted by molar-refractivity contribution is 6.31. The number of benzene rings is 2. The van der Waals surface area contributed by atoms with Gasteiger partial charge in [-0.1, -0.05) is 41.9 Å². The quantitative estimate of drug-likeness (QED) is 0.910. The fourth-order valence-electron chi connectivity index (χ4n) is 2.03. The third-order valence-electron chi connectivity index (χ3n) is 3.10. The van der Waals surface area contributed by atoms with Gasteiger partial charge in [0.05, 0.1) is 16.7 Å². The Morgan fingerprint density at radius 2 is 1.95 bits per heavy atom. The summed E-state index contributed by atoms with van der Waals surface area (Å²) in [6.45, 7) is 0. The lowest BCUT2D eigenvalue weighted by atomic mass is 9.84. The van der Waals surface area contributed by atoms with Crippen molar-refractivity contribution in [2.45, 2.75) is 5.60 Å². The molecule has 106 valence electrons. The number of primary amides is 1. The molecule has 0 bridgehead atoms. The third kappa shape index (κ3) is 2.47. The molecule has 6 heteroatoms. The van der Waals surface area contributed by atoms with E-state index >= 15 is 0 Å². The molecule has 0 aromatic heterocycles. The van der Waals surface area contributed by atoms with Gasteiger partial charge in [0, 0.05) is 5.56 Å². The minimum atomic E-state index is -2.41. The van der Waals surface area contributed by atoms with Crippen molar-refractivity contribution in [3.63, 3.8) is 0 Å². The summed E-state index contributed by atoms with van der Waals surface area (Å²) >= 11 is 5.71. The lowest BCUT2D eigenvalue weighted by Gasteiger charge is -2.26. The van der Waals surface area contributed by atoms with Gasteiger partial charge in [-0.2, -0.15) is 5.26 Å². The van der Waals surface area contributed by atoms with Crippen LogP contribution < -0.4 is 5.73 Å². The second-order valence-electron chi connectivity index (χ2n) is 4.37. The topological polar surface area (TPSA) is 87.1 Å². The second-order valence-corrected chi connectivity index (χ2v) is 4.78. The van der Waals surface area contributed by atoms with Crippen LogP contribution in [0.25, 0.3) is 0 Å². The highest BCUT2D eigenvalue weighted by atomic mass is 35.5. The number of halogens is 2. The lowest BCUT2D eigenvalue weighted by Crippen LogP contribution is -2.43. The third-order valence-corrected chi connectivity index (χ3v) is 3.37. The van der Waals surface area contributed by atoms with Gasteiger partial charge in [-0.15, -0.1) is 0 Å². The predicted octanol–water partition coefficient (Wildman–Crippen LogP) is 2.07. The average molecular weight is 305 g/mol. The van der Waals surface area contributed by atoms with Crippen LogP contribution in [0.5, 0.6) is 0 Å². The van der Waals surface area contributed by atoms with Crippen LogP contribution >= 0.6 is 11.6 Å². The standard InChI is InChI=1S/C15H10ClFN2O2/c16-12-7-9(8-18)6-11(13(12)17)15(21,14(19)20)10-4-2-1-3-5-10/h1-7,21H,(H2,19,20). The molecule has 2 aromatic rings. The normalized spacial score (nSPS) is 13.2. The van der Waals surface area contributed by atoms with Gasteiger partial charge in [0.25, 0.3) is 5.91 Å². The summed E-state index contributed by atoms with van der Waals surface area (Å²) in [5.74, 6) is -2.17. The first-order chi connectivity index (χ1) is 9.91. The van der Waals surface area contributed by atoms with Gasteiger partial charge in [-0.3, -0.25) is 4.79 Å². The minimum absolute atomic E-state index is 0.00649. The van der Waals surface area contributed by atoms with Crippen LogP contribution in [0.1, 0.15) is 16.7 Å². The van der Waals surface area contributed by atoms with Gasteiger partial charge in [0.2, 0.25) is 0 Å². The van der Waals surface area contributed by atoms with Crippen LogP contribution in [0, 0.1) is 17.1 Å². The van der Waals surface area contributed by atoms with Crippen molar-refractivity contribution in [1.29, 1.82) is 5.26 Å². The maximum Gasteiger partial charge on any atom is 0.258 e. The van der Waals surface area contributed by atoms with Gasteiger partial charge in [-0.05, 0) is 17.7 Å². The first kappa shape index (κ1) is 15.0. The zero-order valence-electron chi connectivity index (χ0n) is 10.7. The molecule has 2 rings (SSSR count). The number of hydrogen-bond donors (Lipinski definition) is 2. The number of hydrogen-bond acceptors (Lipinski definition) is 3. The van der Waals surface area contributed by atoms with E-state index in [1.165, 1.54) is 12.1 Å². The molecule has 0 saturated heterocycles. The van der Waals surface area contributed by atoms with E-state index in [9.17, 15) is 14.3 Å². The summed E-state index contributed by atoms with van der Waals surface area (Å²) in [6.07, 6.45) is 0. The number of aliphatic hydroxyl groups is 1. The predicted molar refractivity (Wildman–Crippen MR) is 74.8 cm³/mol. The van der Waals surface area contributed by atoms with Crippen molar-refractivity contribution in [2.75, 3.05) is 0 Å². The maximum absolute atomic E-state index is 14.3. The van der Waals surface area contributed by atoms with Gasteiger partial charge < -0.3 is 10.8 Å². The van der Waals surface area contributed by atoms with E-state index in [1.807, 2.05) is 0 Å². The zero-order chi connectivity index (χ0) is 15.6. The molecule has 0 aliphatic rings. The molecule has 0 fully saturated rings. The summed E-state index contributed by atoms with van der Waals surface area (Å²) in [5, 5.41) is 19.2. The molecular formula is C15H10ClFN2O2. The number of carbonyl (C=O) groups excluding carboxylic acids is 1. The number of carbonyl (C=O) groups is 1. The van der Waals surface area contributed by atoms with Gasteiger partial charge in [0.15, 0.2) is 5.60 Å². The Bertz CT molecular complexity index is 743. The smallest absolute Gasteiger partial charge is 0.258 e. The van der Waals surface area contributed by atoms with Crippen LogP contribution in [0.4, 0.5) is 4.39 Å². The van der Waals surface area contributed by atoms with Crippen LogP contribution in [-0.4, -0.2) is 11.0 Å². The highest BCUT2D eigenvalue weighted by Gasteiger charge is 2.41. The summed E-state index contributed by atoms with van der Waals surface area (Å²) in [5.41, 5.74) is 2.49. The number of rotatable bonds is 3. The number of nitrogens with two attached hydrogens (primary N) is 1. The molecule has 4 nitrogen and oxygen atoms in total. The van der Waals surface area contributed by atoms with Crippen LogP contribution in [0.2, 0.25) is 5.02 Å². The fourth-order valence-corrected chi connectivity index (χ4v) is 2.25. The van der Waals surface area contributed by atoms with Crippen molar-refractivity contribution in [2.24, 2.45) is 5.73 Å². The zero-order valence-corrected chi connectivity index (χ0v) is 11.4. The van der Waals surface area contributed by atoms with E-state index in [-0.39, 0.29) is 16.1 Å². The van der Waals surface area contributed by atoms with E-state index < -0.39 is 22.9 Å². The summed E-state index contributed by atoms with van der Waals surface area (Å²) < 4.78 is 14.3. The molecule has 0 aliphatic heterocycles. The Balaban J connectivity index is 2.79. The molecule has 0 saturated carbocycles.